The van der Waals surface area contributed by atoms with Gasteiger partial charge in [0.15, 0.2) is 0 Å². The van der Waals surface area contributed by atoms with Gasteiger partial charge in [-0.25, -0.2) is 0 Å². The van der Waals surface area contributed by atoms with Crippen molar-refractivity contribution >= 4 is 40.2 Å². The van der Waals surface area contributed by atoms with Gasteiger partial charge in [-0.1, -0.05) is 35.9 Å². The number of nitrogens with zero attached hydrogens (tertiary/aromatic N) is 2. The van der Waals surface area contributed by atoms with Gasteiger partial charge in [0.2, 0.25) is 11.3 Å². The minimum atomic E-state index is -0.143. The second-order valence-corrected chi connectivity index (χ2v) is 7.25. The zero-order valence-corrected chi connectivity index (χ0v) is 15.6. The Morgan fingerprint density at radius 1 is 1.15 bits per heavy atom. The maximum atomic E-state index is 12.1. The molecule has 0 aliphatic rings. The van der Waals surface area contributed by atoms with Crippen LogP contribution in [0.15, 0.2) is 59.5 Å². The number of halogens is 1. The minimum Gasteiger partial charge on any atom is -0.354 e. The molecule has 0 bridgehead atoms. The van der Waals surface area contributed by atoms with E-state index < -0.39 is 0 Å². The largest absolute Gasteiger partial charge is 0.354 e. The molecule has 1 N–H and O–H groups in total. The van der Waals surface area contributed by atoms with Crippen LogP contribution in [0.2, 0.25) is 5.02 Å². The molecule has 0 aliphatic heterocycles. The van der Waals surface area contributed by atoms with Crippen LogP contribution in [0, 0.1) is 0 Å². The van der Waals surface area contributed by atoms with Crippen molar-refractivity contribution in [1.29, 1.82) is 0 Å². The Hall–Kier alpha value is -2.31. The third-order valence-corrected chi connectivity index (χ3v) is 5.09. The van der Waals surface area contributed by atoms with Gasteiger partial charge in [-0.2, -0.15) is 16.9 Å². The van der Waals surface area contributed by atoms with E-state index >= 15 is 0 Å². The van der Waals surface area contributed by atoms with Crippen molar-refractivity contribution < 1.29 is 4.79 Å². The summed E-state index contributed by atoms with van der Waals surface area (Å²) in [6.07, 6.45) is 1.25. The molecule has 5 nitrogen and oxygen atoms in total. The lowest BCUT2D eigenvalue weighted by Crippen LogP contribution is -2.30. The maximum Gasteiger partial charge on any atom is 0.241 e. The van der Waals surface area contributed by atoms with E-state index in [2.05, 4.69) is 10.4 Å². The van der Waals surface area contributed by atoms with Crippen LogP contribution in [0.1, 0.15) is 5.56 Å². The average molecular weight is 388 g/mol. The minimum absolute atomic E-state index is 0.0860. The highest BCUT2D eigenvalue weighted by Crippen LogP contribution is 2.15. The van der Waals surface area contributed by atoms with Gasteiger partial charge in [-0.3, -0.25) is 14.3 Å². The van der Waals surface area contributed by atoms with Crippen molar-refractivity contribution in [3.63, 3.8) is 0 Å². The van der Waals surface area contributed by atoms with E-state index in [1.54, 1.807) is 34.6 Å². The monoisotopic (exact) mass is 387 g/mol. The lowest BCUT2D eigenvalue weighted by Gasteiger charge is -2.09. The number of benzene rings is 2. The predicted octanol–water partition coefficient (Wildman–Crippen LogP) is 3.10. The number of carbonyl (C=O) groups is 1. The number of aromatic nitrogens is 2. The van der Waals surface area contributed by atoms with Crippen LogP contribution in [-0.2, 0) is 17.1 Å². The van der Waals surface area contributed by atoms with E-state index in [0.717, 1.165) is 16.5 Å². The fraction of sp³-hybridized carbons (Fsp3) is 0.211. The highest BCUT2D eigenvalue weighted by atomic mass is 35.5. The molecule has 0 aliphatic carbocycles. The zero-order chi connectivity index (χ0) is 18.4. The van der Waals surface area contributed by atoms with Crippen molar-refractivity contribution in [3.8, 4) is 0 Å². The molecule has 1 aromatic heterocycles. The first kappa shape index (κ1) is 18.5. The van der Waals surface area contributed by atoms with E-state index in [1.165, 1.54) is 11.8 Å². The van der Waals surface area contributed by atoms with Gasteiger partial charge in [0.25, 0.3) is 0 Å². The summed E-state index contributed by atoms with van der Waals surface area (Å²) in [5.41, 5.74) is 1.72. The smallest absolute Gasteiger partial charge is 0.241 e. The average Bonchev–Trinajstić information content (AvgIpc) is 2.65. The Labute approximate surface area is 160 Å². The molecule has 134 valence electrons. The third kappa shape index (κ3) is 4.86. The summed E-state index contributed by atoms with van der Waals surface area (Å²) in [5, 5.41) is 8.25. The first-order chi connectivity index (χ1) is 12.6. The summed E-state index contributed by atoms with van der Waals surface area (Å²) >= 11 is 7.61. The Morgan fingerprint density at radius 2 is 1.92 bits per heavy atom. The predicted molar refractivity (Wildman–Crippen MR) is 107 cm³/mol. The number of fused-ring (bicyclic) bond motifs is 1. The fourth-order valence-electron chi connectivity index (χ4n) is 2.51. The molecule has 0 spiro atoms. The molecule has 2 aromatic carbocycles. The molecule has 0 saturated carbocycles. The number of nitrogens with one attached hydrogen (secondary N) is 1. The van der Waals surface area contributed by atoms with E-state index in [-0.39, 0.29) is 17.9 Å². The highest BCUT2D eigenvalue weighted by Gasteiger charge is 2.07. The van der Waals surface area contributed by atoms with Gasteiger partial charge >= 0.3 is 0 Å². The zero-order valence-electron chi connectivity index (χ0n) is 14.0. The molecule has 0 atom stereocenters. The SMILES string of the molecule is O=C(Cn1ncc(=O)c2ccccc21)NCCSCc1ccc(Cl)cc1. The maximum absolute atomic E-state index is 12.1. The molecule has 26 heavy (non-hydrogen) atoms. The van der Waals surface area contributed by atoms with Crippen LogP contribution in [0.4, 0.5) is 0 Å². The number of carbonyl (C=O) groups excluding carboxylic acids is 1. The number of thioether (sulfide) groups is 1. The van der Waals surface area contributed by atoms with Crippen LogP contribution >= 0.6 is 23.4 Å². The molecule has 0 radical (unpaired) electrons. The molecular weight excluding hydrogens is 370 g/mol. The molecule has 3 aromatic rings. The summed E-state index contributed by atoms with van der Waals surface area (Å²) in [5.74, 6) is 1.56. The quantitative estimate of drug-likeness (QED) is 0.633. The molecule has 3 rings (SSSR count). The topological polar surface area (TPSA) is 64.0 Å². The van der Waals surface area contributed by atoms with Gasteiger partial charge in [-0.05, 0) is 29.8 Å². The van der Waals surface area contributed by atoms with E-state index in [1.807, 2.05) is 30.3 Å². The number of amides is 1. The summed E-state index contributed by atoms with van der Waals surface area (Å²) < 4.78 is 1.55. The van der Waals surface area contributed by atoms with Crippen molar-refractivity contribution in [3.05, 3.63) is 75.5 Å². The molecule has 0 fully saturated rings. The highest BCUT2D eigenvalue weighted by molar-refractivity contribution is 7.98. The summed E-state index contributed by atoms with van der Waals surface area (Å²) in [4.78, 5) is 23.9. The van der Waals surface area contributed by atoms with Crippen molar-refractivity contribution in [1.82, 2.24) is 15.1 Å². The summed E-state index contributed by atoms with van der Waals surface area (Å²) in [6.45, 7) is 0.665. The first-order valence-corrected chi connectivity index (χ1v) is 9.70. The Morgan fingerprint density at radius 3 is 2.73 bits per heavy atom. The Balaban J connectivity index is 1.47. The van der Waals surface area contributed by atoms with Crippen LogP contribution in [-0.4, -0.2) is 28.0 Å². The van der Waals surface area contributed by atoms with Gasteiger partial charge in [0.1, 0.15) is 6.54 Å². The molecule has 1 amide bonds. The van der Waals surface area contributed by atoms with Crippen LogP contribution in [0.5, 0.6) is 0 Å². The van der Waals surface area contributed by atoms with E-state index in [0.29, 0.717) is 17.4 Å². The fourth-order valence-corrected chi connectivity index (χ4v) is 3.46. The molecular formula is C19H18ClN3O2S. The Bertz CT molecular complexity index is 957. The van der Waals surface area contributed by atoms with Crippen LogP contribution in [0.3, 0.4) is 0 Å². The molecule has 7 heteroatoms. The van der Waals surface area contributed by atoms with E-state index in [9.17, 15) is 9.59 Å². The first-order valence-electron chi connectivity index (χ1n) is 8.17. The third-order valence-electron chi connectivity index (χ3n) is 3.81. The van der Waals surface area contributed by atoms with Crippen molar-refractivity contribution in [2.24, 2.45) is 0 Å². The number of hydrogen-bond donors (Lipinski definition) is 1. The number of para-hydroxylation sites is 1. The standard InChI is InChI=1S/C19H18ClN3O2S/c20-15-7-5-14(6-8-15)13-26-10-9-21-19(25)12-23-17-4-2-1-3-16(17)18(24)11-22-23/h1-8,11H,9-10,12-13H2,(H,21,25). The molecule has 0 unspecified atom stereocenters. The normalized spacial score (nSPS) is 10.8. The van der Waals surface area contributed by atoms with Gasteiger partial charge in [0.05, 0.1) is 11.7 Å². The lowest BCUT2D eigenvalue weighted by molar-refractivity contribution is -0.121. The second-order valence-electron chi connectivity index (χ2n) is 5.71. The van der Waals surface area contributed by atoms with Gasteiger partial charge < -0.3 is 5.32 Å². The van der Waals surface area contributed by atoms with Crippen molar-refractivity contribution in [2.75, 3.05) is 12.3 Å². The number of rotatable bonds is 7. The van der Waals surface area contributed by atoms with E-state index in [4.69, 9.17) is 11.6 Å². The van der Waals surface area contributed by atoms with Crippen LogP contribution in [0.25, 0.3) is 10.9 Å². The summed E-state index contributed by atoms with van der Waals surface area (Å²) in [7, 11) is 0. The Kier molecular flexibility index (Phi) is 6.30. The van der Waals surface area contributed by atoms with Gasteiger partial charge in [-0.15, -0.1) is 0 Å². The van der Waals surface area contributed by atoms with Crippen LogP contribution < -0.4 is 10.7 Å². The second kappa shape index (κ2) is 8.87. The summed E-state index contributed by atoms with van der Waals surface area (Å²) in [6, 6.07) is 14.9. The number of hydrogen-bond acceptors (Lipinski definition) is 4. The molecule has 0 saturated heterocycles. The van der Waals surface area contributed by atoms with Crippen molar-refractivity contribution in [2.45, 2.75) is 12.3 Å². The van der Waals surface area contributed by atoms with Gasteiger partial charge in [0, 0.05) is 28.5 Å². The molecule has 1 heterocycles. The lowest BCUT2D eigenvalue weighted by atomic mass is 10.2.